The van der Waals surface area contributed by atoms with E-state index >= 15 is 0 Å². The first-order valence-electron chi connectivity index (χ1n) is 9.45. The summed E-state index contributed by atoms with van der Waals surface area (Å²) in [4.78, 5) is 22.1. The average molecular weight is 406 g/mol. The Morgan fingerprint density at radius 1 is 1.30 bits per heavy atom. The summed E-state index contributed by atoms with van der Waals surface area (Å²) >= 11 is 0. The molecule has 0 aliphatic carbocycles. The van der Waals surface area contributed by atoms with Gasteiger partial charge in [0.2, 0.25) is 5.88 Å². The lowest BCUT2D eigenvalue weighted by molar-refractivity contribution is -0.113. The summed E-state index contributed by atoms with van der Waals surface area (Å²) in [6.07, 6.45) is 8.43. The van der Waals surface area contributed by atoms with E-state index in [2.05, 4.69) is 15.8 Å². The third-order valence-corrected chi connectivity index (χ3v) is 4.62. The maximum absolute atomic E-state index is 12.7. The van der Waals surface area contributed by atoms with E-state index in [1.165, 1.54) is 0 Å². The van der Waals surface area contributed by atoms with Crippen molar-refractivity contribution in [1.29, 1.82) is 0 Å². The van der Waals surface area contributed by atoms with Crippen LogP contribution in [-0.4, -0.2) is 21.1 Å². The van der Waals surface area contributed by atoms with Gasteiger partial charge in [-0.2, -0.15) is 4.94 Å². The molecule has 0 saturated carbocycles. The molecule has 2 aliphatic rings. The molecule has 0 atom stereocenters. The summed E-state index contributed by atoms with van der Waals surface area (Å²) in [5, 5.41) is 14.5. The Kier molecular flexibility index (Phi) is 5.26. The fraction of sp³-hybridized carbons (Fsp3) is 0.182. The first-order valence-corrected chi connectivity index (χ1v) is 9.45. The minimum Gasteiger partial charge on any atom is -0.438 e. The van der Waals surface area contributed by atoms with Gasteiger partial charge >= 0.3 is 0 Å². The zero-order chi connectivity index (χ0) is 21.1. The fourth-order valence-corrected chi connectivity index (χ4v) is 2.94. The van der Waals surface area contributed by atoms with Gasteiger partial charge in [-0.1, -0.05) is 24.3 Å². The number of pyridine rings is 1. The second kappa shape index (κ2) is 8.02. The number of hydrogen-bond acceptors (Lipinski definition) is 7. The van der Waals surface area contributed by atoms with Crippen LogP contribution in [0, 0.1) is 0 Å². The highest BCUT2D eigenvalue weighted by Gasteiger charge is 2.20. The molecule has 154 valence electrons. The maximum Gasteiger partial charge on any atom is 0.257 e. The van der Waals surface area contributed by atoms with Crippen molar-refractivity contribution in [1.82, 2.24) is 20.8 Å². The predicted molar refractivity (Wildman–Crippen MR) is 109 cm³/mol. The van der Waals surface area contributed by atoms with Gasteiger partial charge in [0, 0.05) is 25.0 Å². The SMILES string of the molecule is CC(C)(O)c1ccc(CNC(=O)c2cccnc2OC2=CC3=CNON3C=C2)cc1. The van der Waals surface area contributed by atoms with Crippen LogP contribution in [0.2, 0.25) is 0 Å². The first kappa shape index (κ1) is 19.7. The van der Waals surface area contributed by atoms with Gasteiger partial charge in [-0.15, -0.1) is 0 Å². The Labute approximate surface area is 174 Å². The summed E-state index contributed by atoms with van der Waals surface area (Å²) < 4.78 is 5.84. The molecule has 3 heterocycles. The molecule has 3 N–H and O–H groups in total. The van der Waals surface area contributed by atoms with Crippen molar-refractivity contribution in [2.75, 3.05) is 0 Å². The van der Waals surface area contributed by atoms with E-state index in [1.807, 2.05) is 24.3 Å². The van der Waals surface area contributed by atoms with E-state index in [4.69, 9.17) is 9.68 Å². The summed E-state index contributed by atoms with van der Waals surface area (Å²) in [7, 11) is 0. The van der Waals surface area contributed by atoms with Crippen LogP contribution in [0.4, 0.5) is 0 Å². The third-order valence-electron chi connectivity index (χ3n) is 4.62. The molecule has 2 aliphatic heterocycles. The van der Waals surface area contributed by atoms with E-state index in [9.17, 15) is 9.90 Å². The molecular weight excluding hydrogens is 384 g/mol. The Morgan fingerprint density at radius 3 is 2.87 bits per heavy atom. The Morgan fingerprint density at radius 2 is 2.10 bits per heavy atom. The van der Waals surface area contributed by atoms with Crippen molar-refractivity contribution < 1.29 is 19.6 Å². The molecule has 0 saturated heterocycles. The molecular formula is C22H22N4O4. The van der Waals surface area contributed by atoms with Gasteiger partial charge in [0.15, 0.2) is 0 Å². The van der Waals surface area contributed by atoms with Crippen LogP contribution in [0.5, 0.6) is 5.88 Å². The molecule has 8 heteroatoms. The zero-order valence-corrected chi connectivity index (χ0v) is 16.6. The summed E-state index contributed by atoms with van der Waals surface area (Å²) in [5.41, 5.74) is 4.57. The number of fused-ring (bicyclic) bond motifs is 1. The standard InChI is InChI=1S/C22H22N4O4/c1-22(2,28)16-7-5-15(6-8-16)13-24-20(27)19-4-3-10-23-21(19)29-18-9-11-26-17(12-18)14-25-30-26/h3-12,14,25,28H,13H2,1-2H3,(H,24,27). The number of carbonyl (C=O) groups excluding carboxylic acids is 1. The molecule has 0 fully saturated rings. The summed E-state index contributed by atoms with van der Waals surface area (Å²) in [5.74, 6) is 0.445. The monoisotopic (exact) mass is 406 g/mol. The van der Waals surface area contributed by atoms with Gasteiger partial charge in [0.25, 0.3) is 5.91 Å². The lowest BCUT2D eigenvalue weighted by atomic mass is 9.97. The van der Waals surface area contributed by atoms with Gasteiger partial charge < -0.3 is 15.2 Å². The molecule has 1 aromatic carbocycles. The second-order valence-corrected chi connectivity index (χ2v) is 7.36. The van der Waals surface area contributed by atoms with Crippen LogP contribution in [-0.2, 0) is 17.1 Å². The molecule has 30 heavy (non-hydrogen) atoms. The van der Waals surface area contributed by atoms with Gasteiger partial charge in [-0.25, -0.2) is 15.5 Å². The molecule has 2 aromatic rings. The van der Waals surface area contributed by atoms with Gasteiger partial charge in [0.05, 0.1) is 17.5 Å². The Bertz CT molecular complexity index is 1040. The molecule has 0 spiro atoms. The van der Waals surface area contributed by atoms with Crippen LogP contribution in [0.3, 0.4) is 0 Å². The van der Waals surface area contributed by atoms with Crippen LogP contribution >= 0.6 is 0 Å². The third kappa shape index (κ3) is 4.35. The number of rotatable bonds is 6. The van der Waals surface area contributed by atoms with Gasteiger partial charge in [-0.3, -0.25) is 4.79 Å². The number of aromatic nitrogens is 1. The van der Waals surface area contributed by atoms with E-state index in [1.54, 1.807) is 61.8 Å². The molecule has 0 radical (unpaired) electrons. The van der Waals surface area contributed by atoms with E-state index in [0.29, 0.717) is 17.9 Å². The number of amides is 1. The maximum atomic E-state index is 12.7. The van der Waals surface area contributed by atoms with Crippen molar-refractivity contribution >= 4 is 5.91 Å². The van der Waals surface area contributed by atoms with Crippen molar-refractivity contribution in [3.63, 3.8) is 0 Å². The Balaban J connectivity index is 1.43. The molecule has 4 rings (SSSR count). The first-order chi connectivity index (χ1) is 14.4. The van der Waals surface area contributed by atoms with Crippen molar-refractivity contribution in [3.05, 3.63) is 95.3 Å². The van der Waals surface area contributed by atoms with E-state index in [0.717, 1.165) is 16.8 Å². The second-order valence-electron chi connectivity index (χ2n) is 7.36. The normalized spacial score (nSPS) is 15.1. The number of nitrogens with zero attached hydrogens (tertiary/aromatic N) is 2. The summed E-state index contributed by atoms with van der Waals surface area (Å²) in [6.45, 7) is 3.80. The van der Waals surface area contributed by atoms with Crippen LogP contribution in [0.25, 0.3) is 0 Å². The number of allylic oxidation sites excluding steroid dienone is 2. The molecule has 0 unspecified atom stereocenters. The van der Waals surface area contributed by atoms with E-state index in [-0.39, 0.29) is 11.8 Å². The number of nitrogens with one attached hydrogen (secondary N) is 2. The number of ether oxygens (including phenoxy) is 1. The number of hydrogen-bond donors (Lipinski definition) is 3. The van der Waals surface area contributed by atoms with Crippen molar-refractivity contribution in [2.45, 2.75) is 26.0 Å². The smallest absolute Gasteiger partial charge is 0.257 e. The topological polar surface area (TPSA) is 96.0 Å². The van der Waals surface area contributed by atoms with E-state index < -0.39 is 5.60 Å². The number of aliphatic hydroxyl groups is 1. The molecule has 0 bridgehead atoms. The highest BCUT2D eigenvalue weighted by molar-refractivity contribution is 5.96. The Hall–Kier alpha value is -3.62. The van der Waals surface area contributed by atoms with Gasteiger partial charge in [0.1, 0.15) is 11.3 Å². The quantitative estimate of drug-likeness (QED) is 0.679. The zero-order valence-electron chi connectivity index (χ0n) is 16.6. The highest BCUT2D eigenvalue weighted by atomic mass is 16.8. The number of benzene rings is 1. The number of hydroxylamine groups is 3. The average Bonchev–Trinajstić information content (AvgIpc) is 3.20. The van der Waals surface area contributed by atoms with Gasteiger partial charge in [-0.05, 0) is 43.2 Å². The van der Waals surface area contributed by atoms with Crippen LogP contribution in [0.1, 0.15) is 35.3 Å². The lowest BCUT2D eigenvalue weighted by Gasteiger charge is -2.18. The van der Waals surface area contributed by atoms with Crippen molar-refractivity contribution in [3.8, 4) is 5.88 Å². The van der Waals surface area contributed by atoms with Crippen LogP contribution in [0.15, 0.2) is 78.6 Å². The summed E-state index contributed by atoms with van der Waals surface area (Å²) in [6, 6.07) is 10.8. The largest absolute Gasteiger partial charge is 0.438 e. The molecule has 1 amide bonds. The number of carbonyl (C=O) groups is 1. The highest BCUT2D eigenvalue weighted by Crippen LogP contribution is 2.24. The van der Waals surface area contributed by atoms with Crippen molar-refractivity contribution in [2.24, 2.45) is 0 Å². The molecule has 8 nitrogen and oxygen atoms in total. The minimum absolute atomic E-state index is 0.212. The van der Waals surface area contributed by atoms with Crippen LogP contribution < -0.4 is 15.5 Å². The predicted octanol–water partition coefficient (Wildman–Crippen LogP) is 2.62. The fourth-order valence-electron chi connectivity index (χ4n) is 2.94. The molecule has 1 aromatic heterocycles. The minimum atomic E-state index is -0.903. The lowest BCUT2D eigenvalue weighted by Crippen LogP contribution is -2.24.